The highest BCUT2D eigenvalue weighted by molar-refractivity contribution is 6.01. The third kappa shape index (κ3) is 4.78. The van der Waals surface area contributed by atoms with Crippen LogP contribution in [0.5, 0.6) is 0 Å². The first-order chi connectivity index (χ1) is 11.3. The molecule has 24 heavy (non-hydrogen) atoms. The molecule has 5 nitrogen and oxygen atoms in total. The highest BCUT2D eigenvalue weighted by Crippen LogP contribution is 2.22. The van der Waals surface area contributed by atoms with Gasteiger partial charge < -0.3 is 5.32 Å². The van der Waals surface area contributed by atoms with Crippen molar-refractivity contribution in [1.82, 2.24) is 0 Å². The fraction of sp³-hybridized carbons (Fsp3) is 0.211. The second kappa shape index (κ2) is 7.08. The van der Waals surface area contributed by atoms with E-state index in [4.69, 9.17) is 0 Å². The Kier molecular flexibility index (Phi) is 5.14. The molecule has 2 aromatic carbocycles. The van der Waals surface area contributed by atoms with E-state index in [9.17, 15) is 14.9 Å². The van der Waals surface area contributed by atoms with Gasteiger partial charge in [-0.15, -0.1) is 0 Å². The van der Waals surface area contributed by atoms with Gasteiger partial charge in [0.25, 0.3) is 5.69 Å². The van der Waals surface area contributed by atoms with E-state index in [1.165, 1.54) is 35.9 Å². The van der Waals surface area contributed by atoms with Gasteiger partial charge in [0, 0.05) is 23.9 Å². The number of benzene rings is 2. The van der Waals surface area contributed by atoms with Gasteiger partial charge in [-0.3, -0.25) is 14.9 Å². The highest BCUT2D eigenvalue weighted by Gasteiger charge is 2.12. The highest BCUT2D eigenvalue weighted by atomic mass is 16.6. The molecule has 1 N–H and O–H groups in total. The van der Waals surface area contributed by atoms with E-state index in [1.807, 2.05) is 24.3 Å². The number of hydrogen-bond acceptors (Lipinski definition) is 3. The summed E-state index contributed by atoms with van der Waals surface area (Å²) in [5.41, 5.74) is 2.76. The first-order valence-corrected chi connectivity index (χ1v) is 7.60. The number of non-ortho nitro benzene ring substituents is 1. The lowest BCUT2D eigenvalue weighted by atomic mass is 9.87. The molecule has 0 saturated heterocycles. The minimum absolute atomic E-state index is 0.0116. The zero-order valence-corrected chi connectivity index (χ0v) is 13.9. The Balaban J connectivity index is 1.98. The first-order valence-electron chi connectivity index (χ1n) is 7.60. The molecule has 2 aromatic rings. The van der Waals surface area contributed by atoms with Crippen molar-refractivity contribution < 1.29 is 9.72 Å². The Bertz CT molecular complexity index is 755. The van der Waals surface area contributed by atoms with E-state index in [-0.39, 0.29) is 17.0 Å². The summed E-state index contributed by atoms with van der Waals surface area (Å²) in [5, 5.41) is 13.3. The molecular weight excluding hydrogens is 304 g/mol. The third-order valence-corrected chi connectivity index (χ3v) is 3.55. The van der Waals surface area contributed by atoms with Gasteiger partial charge in [-0.1, -0.05) is 45.0 Å². The summed E-state index contributed by atoms with van der Waals surface area (Å²) in [4.78, 5) is 22.0. The third-order valence-electron chi connectivity index (χ3n) is 3.55. The predicted molar refractivity (Wildman–Crippen MR) is 95.9 cm³/mol. The topological polar surface area (TPSA) is 72.2 Å². The van der Waals surface area contributed by atoms with Crippen LogP contribution in [-0.4, -0.2) is 10.8 Å². The summed E-state index contributed by atoms with van der Waals surface area (Å²) in [7, 11) is 0. The molecule has 0 bridgehead atoms. The van der Waals surface area contributed by atoms with Crippen LogP contribution >= 0.6 is 0 Å². The predicted octanol–water partition coefficient (Wildman–Crippen LogP) is 4.54. The molecule has 0 unspecified atom stereocenters. The molecule has 0 aliphatic carbocycles. The molecule has 124 valence electrons. The smallest absolute Gasteiger partial charge is 0.269 e. The molecule has 0 aliphatic rings. The molecule has 5 heteroatoms. The molecular formula is C19H20N2O3. The van der Waals surface area contributed by atoms with Crippen LogP contribution < -0.4 is 5.32 Å². The Morgan fingerprint density at radius 3 is 2.12 bits per heavy atom. The van der Waals surface area contributed by atoms with Crippen LogP contribution in [0.2, 0.25) is 0 Å². The second-order valence-corrected chi connectivity index (χ2v) is 6.50. The molecule has 0 atom stereocenters. The maximum Gasteiger partial charge on any atom is 0.269 e. The maximum atomic E-state index is 11.9. The van der Waals surface area contributed by atoms with Gasteiger partial charge >= 0.3 is 0 Å². The monoisotopic (exact) mass is 324 g/mol. The van der Waals surface area contributed by atoms with Crippen LogP contribution in [0, 0.1) is 10.1 Å². The lowest BCUT2D eigenvalue weighted by molar-refractivity contribution is -0.384. The van der Waals surface area contributed by atoms with Gasteiger partial charge in [0.05, 0.1) is 4.92 Å². The Hall–Kier alpha value is -2.95. The molecule has 0 heterocycles. The fourth-order valence-electron chi connectivity index (χ4n) is 2.12. The number of hydrogen-bond donors (Lipinski definition) is 1. The zero-order valence-electron chi connectivity index (χ0n) is 13.9. The van der Waals surface area contributed by atoms with E-state index >= 15 is 0 Å². The van der Waals surface area contributed by atoms with Gasteiger partial charge in [0.1, 0.15) is 0 Å². The van der Waals surface area contributed by atoms with Crippen molar-refractivity contribution >= 4 is 23.4 Å². The molecule has 0 aliphatic heterocycles. The summed E-state index contributed by atoms with van der Waals surface area (Å²) in [6.45, 7) is 6.44. The number of nitro benzene ring substituents is 1. The van der Waals surface area contributed by atoms with Crippen molar-refractivity contribution in [1.29, 1.82) is 0 Å². The van der Waals surface area contributed by atoms with Crippen molar-refractivity contribution in [3.05, 3.63) is 75.8 Å². The number of nitrogens with zero attached hydrogens (tertiary/aromatic N) is 1. The fourth-order valence-corrected chi connectivity index (χ4v) is 2.12. The number of anilines is 1. The van der Waals surface area contributed by atoms with Crippen molar-refractivity contribution in [3.8, 4) is 0 Å². The number of carbonyl (C=O) groups is 1. The van der Waals surface area contributed by atoms with Crippen LogP contribution in [0.15, 0.2) is 54.6 Å². The quantitative estimate of drug-likeness (QED) is 0.509. The lowest BCUT2D eigenvalue weighted by Crippen LogP contribution is -2.10. The molecule has 1 amide bonds. The van der Waals surface area contributed by atoms with E-state index in [0.717, 1.165) is 5.56 Å². The molecule has 0 saturated carbocycles. The normalized spacial score (nSPS) is 11.5. The summed E-state index contributed by atoms with van der Waals surface area (Å²) >= 11 is 0. The first kappa shape index (κ1) is 17.4. The van der Waals surface area contributed by atoms with E-state index < -0.39 is 4.92 Å². The van der Waals surface area contributed by atoms with Crippen LogP contribution in [0.25, 0.3) is 6.08 Å². The van der Waals surface area contributed by atoms with Crippen LogP contribution in [-0.2, 0) is 10.2 Å². The SMILES string of the molecule is CC(C)(C)c1ccc(/C=C/C(=O)Nc2ccc([N+](=O)[O-])cc2)cc1. The minimum atomic E-state index is -0.479. The summed E-state index contributed by atoms with van der Waals surface area (Å²) in [5.74, 6) is -0.288. The standard InChI is InChI=1S/C19H20N2O3/c1-19(2,3)15-7-4-14(5-8-15)6-13-18(22)20-16-9-11-17(12-10-16)21(23)24/h4-13H,1-3H3,(H,20,22)/b13-6+. The van der Waals surface area contributed by atoms with Gasteiger partial charge in [0.2, 0.25) is 5.91 Å². The Morgan fingerprint density at radius 1 is 1.04 bits per heavy atom. The van der Waals surface area contributed by atoms with E-state index in [2.05, 4.69) is 26.1 Å². The minimum Gasteiger partial charge on any atom is -0.323 e. The second-order valence-electron chi connectivity index (χ2n) is 6.50. The zero-order chi connectivity index (χ0) is 17.7. The van der Waals surface area contributed by atoms with Gasteiger partial charge in [-0.05, 0) is 34.8 Å². The lowest BCUT2D eigenvalue weighted by Gasteiger charge is -2.18. The maximum absolute atomic E-state index is 11.9. The largest absolute Gasteiger partial charge is 0.323 e. The Labute approximate surface area is 141 Å². The van der Waals surface area contributed by atoms with Crippen molar-refractivity contribution in [3.63, 3.8) is 0 Å². The number of nitrogens with one attached hydrogen (secondary N) is 1. The molecule has 0 fully saturated rings. The van der Waals surface area contributed by atoms with Crippen molar-refractivity contribution in [2.75, 3.05) is 5.32 Å². The Morgan fingerprint density at radius 2 is 1.62 bits per heavy atom. The summed E-state index contributed by atoms with van der Waals surface area (Å²) in [6.07, 6.45) is 3.17. The van der Waals surface area contributed by atoms with Gasteiger partial charge in [0.15, 0.2) is 0 Å². The molecule has 0 aromatic heterocycles. The van der Waals surface area contributed by atoms with Crippen molar-refractivity contribution in [2.24, 2.45) is 0 Å². The van der Waals surface area contributed by atoms with Gasteiger partial charge in [-0.25, -0.2) is 0 Å². The van der Waals surface area contributed by atoms with Crippen molar-refractivity contribution in [2.45, 2.75) is 26.2 Å². The number of amides is 1. The van der Waals surface area contributed by atoms with Crippen LogP contribution in [0.4, 0.5) is 11.4 Å². The molecule has 0 radical (unpaired) electrons. The molecule has 0 spiro atoms. The molecule has 2 rings (SSSR count). The average Bonchev–Trinajstić information content (AvgIpc) is 2.53. The summed E-state index contributed by atoms with van der Waals surface area (Å²) < 4.78 is 0. The van der Waals surface area contributed by atoms with Crippen LogP contribution in [0.3, 0.4) is 0 Å². The number of rotatable bonds is 4. The summed E-state index contributed by atoms with van der Waals surface area (Å²) in [6, 6.07) is 13.7. The average molecular weight is 324 g/mol. The van der Waals surface area contributed by atoms with Crippen LogP contribution in [0.1, 0.15) is 31.9 Å². The van der Waals surface area contributed by atoms with E-state index in [1.54, 1.807) is 6.08 Å². The van der Waals surface area contributed by atoms with Gasteiger partial charge in [-0.2, -0.15) is 0 Å². The number of nitro groups is 1. The number of carbonyl (C=O) groups excluding carboxylic acids is 1. The van der Waals surface area contributed by atoms with E-state index in [0.29, 0.717) is 5.69 Å².